The number of hydrogen-bond acceptors (Lipinski definition) is 11. The normalized spacial score (nSPS) is 8.00. The van der Waals surface area contributed by atoms with Crippen molar-refractivity contribution in [2.45, 2.75) is 222 Å². The van der Waals surface area contributed by atoms with Gasteiger partial charge in [-0.05, 0) is 187 Å². The molecule has 8 rings (SSSR count). The van der Waals surface area contributed by atoms with Crippen molar-refractivity contribution in [3.8, 4) is 0 Å². The average molecular weight is 1100 g/mol. The Bertz CT molecular complexity index is 1940. The maximum Gasteiger partial charge on any atom is 0.125 e. The fourth-order valence-corrected chi connectivity index (χ4v) is 4.64. The number of aromatic nitrogens is 11. The minimum atomic E-state index is 0.829. The van der Waals surface area contributed by atoms with Gasteiger partial charge in [-0.15, -0.1) is 0 Å². The van der Waals surface area contributed by atoms with Crippen LogP contribution in [0.4, 0.5) is 0 Å². The lowest BCUT2D eigenvalue weighted by molar-refractivity contribution is 1.01. The molecule has 0 aromatic carbocycles. The molecule has 0 amide bonds. The molecule has 0 saturated carbocycles. The van der Waals surface area contributed by atoms with E-state index in [9.17, 15) is 0 Å². The summed E-state index contributed by atoms with van der Waals surface area (Å²) in [6.07, 6.45) is 18.2. The number of hydrogen-bond donors (Lipinski definition) is 0. The summed E-state index contributed by atoms with van der Waals surface area (Å²) >= 11 is 0. The summed E-state index contributed by atoms with van der Waals surface area (Å²) in [4.78, 5) is 44.3. The first-order chi connectivity index (χ1) is 38.3. The van der Waals surface area contributed by atoms with Crippen molar-refractivity contribution in [3.05, 3.63) is 219 Å². The van der Waals surface area contributed by atoms with E-state index in [2.05, 4.69) is 86.0 Å². The van der Waals surface area contributed by atoms with E-state index in [-0.39, 0.29) is 0 Å². The van der Waals surface area contributed by atoms with Crippen molar-refractivity contribution in [2.75, 3.05) is 0 Å². The van der Waals surface area contributed by atoms with Gasteiger partial charge < -0.3 is 0 Å². The maximum absolute atomic E-state index is 4.17. The van der Waals surface area contributed by atoms with Crippen molar-refractivity contribution < 1.29 is 0 Å². The Hall–Kier alpha value is -7.01. The van der Waals surface area contributed by atoms with Gasteiger partial charge >= 0.3 is 0 Å². The molecule has 0 spiro atoms. The first-order valence-corrected chi connectivity index (χ1v) is 29.0. The molecule has 8 heterocycles. The predicted octanol–water partition coefficient (Wildman–Crippen LogP) is 20.0. The highest BCUT2D eigenvalue weighted by atomic mass is 14.9. The molecule has 0 fully saturated rings. The lowest BCUT2D eigenvalue weighted by Gasteiger charge is -1.90. The summed E-state index contributed by atoms with van der Waals surface area (Å²) in [5.74, 6) is 1.67. The van der Waals surface area contributed by atoms with Crippen LogP contribution >= 0.6 is 0 Å². The van der Waals surface area contributed by atoms with E-state index < -0.39 is 0 Å². The number of rotatable bonds is 0. The zero-order chi connectivity index (χ0) is 63.9. The van der Waals surface area contributed by atoms with Gasteiger partial charge in [0, 0.05) is 96.1 Å². The molecule has 80 heavy (non-hydrogen) atoms. The van der Waals surface area contributed by atoms with E-state index in [1.54, 1.807) is 18.6 Å². The number of aryl methyl sites for hydroxylation is 16. The van der Waals surface area contributed by atoms with Crippen LogP contribution in [0, 0.1) is 111 Å². The molecule has 8 aromatic heterocycles. The third-order valence-electron chi connectivity index (χ3n) is 7.95. The molecule has 0 radical (unpaired) electrons. The minimum absolute atomic E-state index is 0.829. The van der Waals surface area contributed by atoms with E-state index in [0.717, 1.165) is 62.8 Å². The van der Waals surface area contributed by atoms with Crippen LogP contribution in [0.2, 0.25) is 0 Å². The zero-order valence-electron chi connectivity index (χ0n) is 57.0. The van der Waals surface area contributed by atoms with Gasteiger partial charge in [-0.2, -0.15) is 0 Å². The molecule has 0 N–H and O–H groups in total. The first-order valence-electron chi connectivity index (χ1n) is 29.0. The summed E-state index contributed by atoms with van der Waals surface area (Å²) in [6, 6.07) is 22.2. The van der Waals surface area contributed by atoms with Gasteiger partial charge in [-0.3, -0.25) is 34.9 Å². The van der Waals surface area contributed by atoms with Gasteiger partial charge in [0.15, 0.2) is 0 Å². The monoisotopic (exact) mass is 1100 g/mol. The fraction of sp³-hybridized carbons (Fsp3) is 0.464. The Balaban J connectivity index is -0.000000119. The highest BCUT2D eigenvalue weighted by Gasteiger charge is 1.87. The topological polar surface area (TPSA) is 142 Å². The van der Waals surface area contributed by atoms with Crippen LogP contribution in [-0.4, -0.2) is 54.8 Å². The van der Waals surface area contributed by atoms with Gasteiger partial charge in [0.1, 0.15) is 11.6 Å². The second-order valence-electron chi connectivity index (χ2n) is 15.2. The highest BCUT2D eigenvalue weighted by Crippen LogP contribution is 1.99. The Morgan fingerprint density at radius 3 is 0.800 bits per heavy atom. The molecular weight excluding hydrogens is 983 g/mol. The summed E-state index contributed by atoms with van der Waals surface area (Å²) in [7, 11) is 0. The third kappa shape index (κ3) is 65.3. The summed E-state index contributed by atoms with van der Waals surface area (Å²) in [6.45, 7) is 63.7. The quantitative estimate of drug-likeness (QED) is 0.143. The van der Waals surface area contributed by atoms with Gasteiger partial charge in [0.05, 0.1) is 11.4 Å². The number of nitrogens with zero attached hydrogens (tertiary/aromatic N) is 11. The van der Waals surface area contributed by atoms with Gasteiger partial charge in [0.25, 0.3) is 0 Å². The van der Waals surface area contributed by atoms with Gasteiger partial charge in [0.2, 0.25) is 0 Å². The maximum atomic E-state index is 4.17. The van der Waals surface area contributed by atoms with Crippen molar-refractivity contribution in [1.82, 2.24) is 54.8 Å². The summed E-state index contributed by atoms with van der Waals surface area (Å²) in [5, 5.41) is 0. The predicted molar refractivity (Wildman–Crippen MR) is 354 cm³/mol. The molecule has 0 bridgehead atoms. The van der Waals surface area contributed by atoms with Crippen molar-refractivity contribution in [3.63, 3.8) is 0 Å². The molecule has 0 aliphatic heterocycles. The van der Waals surface area contributed by atoms with Crippen LogP contribution in [-0.2, 0) is 0 Å². The fourth-order valence-electron chi connectivity index (χ4n) is 4.64. The third-order valence-corrected chi connectivity index (χ3v) is 7.95. The Labute approximate surface area is 493 Å². The first kappa shape index (κ1) is 89.6. The van der Waals surface area contributed by atoms with Crippen LogP contribution in [0.1, 0.15) is 201 Å². The molecule has 11 heteroatoms. The molecule has 0 atom stereocenters. The molecule has 0 saturated heterocycles. The second kappa shape index (κ2) is 68.1. The Kier molecular flexibility index (Phi) is 76.2. The minimum Gasteiger partial charge on any atom is -0.264 e. The van der Waals surface area contributed by atoms with Crippen LogP contribution < -0.4 is 0 Å². The molecule has 448 valence electrons. The van der Waals surface area contributed by atoms with Gasteiger partial charge in [-0.25, -0.2) is 19.9 Å². The Morgan fingerprint density at radius 1 is 0.212 bits per heavy atom. The zero-order valence-corrected chi connectivity index (χ0v) is 57.0. The highest BCUT2D eigenvalue weighted by molar-refractivity contribution is 5.15. The molecular formula is C69H117N11. The largest absolute Gasteiger partial charge is 0.264 e. The Morgan fingerprint density at radius 2 is 0.575 bits per heavy atom. The average Bonchev–Trinajstić information content (AvgIpc) is 3.47. The van der Waals surface area contributed by atoms with Gasteiger partial charge in [-0.1, -0.05) is 135 Å². The van der Waals surface area contributed by atoms with Crippen LogP contribution in [0.5, 0.6) is 0 Å². The summed E-state index contributed by atoms with van der Waals surface area (Å²) in [5.41, 5.74) is 15.7. The van der Waals surface area contributed by atoms with E-state index >= 15 is 0 Å². The molecule has 0 aliphatic carbocycles. The smallest absolute Gasteiger partial charge is 0.125 e. The number of pyridine rings is 5. The molecule has 8 aromatic rings. The molecule has 0 unspecified atom stereocenters. The van der Waals surface area contributed by atoms with Crippen LogP contribution in [0.15, 0.2) is 129 Å². The van der Waals surface area contributed by atoms with E-state index in [1.165, 1.54) is 27.8 Å². The summed E-state index contributed by atoms with van der Waals surface area (Å²) < 4.78 is 0. The lowest BCUT2D eigenvalue weighted by Crippen LogP contribution is -1.86. The SMILES string of the molecule is CC.CC.CC.CC.CC.CC.CC.CC.Cc1ccc(C)nc1.Cc1ccc(C)nc1.Cc1cccc(C)n1.Cc1ccnc(C)c1.Cc1ccnc(C)n1.Cc1cnc(C)cn1.Cc1cnc(C)nc1.Cc1cncc(C)c1. The standard InChI is InChI=1S/5C7H9N.3C6H8N2.8C2H6/c1-6-3-7(2)5-8-4-6;1-6-3-4-8-7(2)5-6;2*1-6-3-4-7(2)8-5-6;1-6-4-3-5-7(2)8-6;1-5-3-8-6(2)4-7-5;1-5-3-7-6(2)8-4-5;1-5-3-4-7-6(2)8-5;8*1-2/h5*3-5H,1-2H3;3*3-4H,1-2H3;8*1-2H3. The van der Waals surface area contributed by atoms with Crippen molar-refractivity contribution >= 4 is 0 Å². The van der Waals surface area contributed by atoms with E-state index in [0.29, 0.717) is 0 Å². The molecule has 0 aliphatic rings. The lowest BCUT2D eigenvalue weighted by atomic mass is 10.2. The van der Waals surface area contributed by atoms with Crippen LogP contribution in [0.3, 0.4) is 0 Å². The van der Waals surface area contributed by atoms with E-state index in [1.807, 2.05) is 300 Å². The van der Waals surface area contributed by atoms with Crippen molar-refractivity contribution in [2.24, 2.45) is 0 Å². The molecule has 11 nitrogen and oxygen atoms in total. The second-order valence-corrected chi connectivity index (χ2v) is 15.2. The van der Waals surface area contributed by atoms with Crippen LogP contribution in [0.25, 0.3) is 0 Å². The van der Waals surface area contributed by atoms with Crippen molar-refractivity contribution in [1.29, 1.82) is 0 Å². The van der Waals surface area contributed by atoms with E-state index in [4.69, 9.17) is 0 Å².